The summed E-state index contributed by atoms with van der Waals surface area (Å²) in [5.41, 5.74) is 2.41. The van der Waals surface area contributed by atoms with Crippen LogP contribution < -0.4 is 10.6 Å². The maximum atomic E-state index is 12.9. The van der Waals surface area contributed by atoms with Crippen molar-refractivity contribution in [2.45, 2.75) is 33.2 Å². The molecule has 0 spiro atoms. The molecule has 0 saturated carbocycles. The highest BCUT2D eigenvalue weighted by Gasteiger charge is 2.39. The van der Waals surface area contributed by atoms with Crippen LogP contribution in [0.4, 0.5) is 10.5 Å². The van der Waals surface area contributed by atoms with E-state index in [4.69, 9.17) is 0 Å². The highest BCUT2D eigenvalue weighted by Crippen LogP contribution is 2.30. The van der Waals surface area contributed by atoms with Gasteiger partial charge in [0.25, 0.3) is 0 Å². The van der Waals surface area contributed by atoms with E-state index in [1.807, 2.05) is 62.4 Å². The summed E-state index contributed by atoms with van der Waals surface area (Å²) in [6, 6.07) is 15.4. The third kappa shape index (κ3) is 5.13. The third-order valence-corrected chi connectivity index (χ3v) is 5.67. The van der Waals surface area contributed by atoms with Gasteiger partial charge in [-0.05, 0) is 50.5 Å². The number of nitrogens with one attached hydrogen (secondary N) is 2. The fourth-order valence-corrected chi connectivity index (χ4v) is 3.87. The Bertz CT molecular complexity index is 853. The van der Waals surface area contributed by atoms with Gasteiger partial charge in [0.05, 0.1) is 5.41 Å². The topological polar surface area (TPSA) is 61.4 Å². The summed E-state index contributed by atoms with van der Waals surface area (Å²) in [5, 5.41) is 5.96. The van der Waals surface area contributed by atoms with E-state index in [1.54, 1.807) is 4.90 Å². The molecule has 1 aliphatic heterocycles. The molecule has 1 atom stereocenters. The summed E-state index contributed by atoms with van der Waals surface area (Å²) in [4.78, 5) is 27.3. The first-order valence-corrected chi connectivity index (χ1v) is 10.3. The van der Waals surface area contributed by atoms with Crippen LogP contribution in [0.5, 0.6) is 0 Å². The average Bonchev–Trinajstić information content (AvgIpc) is 2.67. The first-order chi connectivity index (χ1) is 13.4. The van der Waals surface area contributed by atoms with E-state index in [0.717, 1.165) is 28.6 Å². The average molecular weight is 444 g/mol. The number of hydrogen-bond acceptors (Lipinski definition) is 2. The van der Waals surface area contributed by atoms with E-state index in [1.165, 1.54) is 5.56 Å². The van der Waals surface area contributed by atoms with Crippen LogP contribution in [0.2, 0.25) is 0 Å². The van der Waals surface area contributed by atoms with E-state index in [9.17, 15) is 9.59 Å². The molecule has 2 aromatic carbocycles. The Kier molecular flexibility index (Phi) is 6.39. The first-order valence-electron chi connectivity index (χ1n) is 9.51. The number of benzene rings is 2. The Morgan fingerprint density at radius 3 is 2.64 bits per heavy atom. The van der Waals surface area contributed by atoms with Crippen LogP contribution in [0.3, 0.4) is 0 Å². The molecule has 148 valence electrons. The number of carbonyl (C=O) groups is 2. The number of carbonyl (C=O) groups excluding carboxylic acids is 2. The minimum Gasteiger partial charge on any atom is -0.351 e. The van der Waals surface area contributed by atoms with Gasteiger partial charge in [0, 0.05) is 29.8 Å². The molecule has 0 bridgehead atoms. The number of hydrogen-bond donors (Lipinski definition) is 2. The van der Waals surface area contributed by atoms with Crippen LogP contribution in [-0.2, 0) is 11.3 Å². The molecule has 1 aliphatic rings. The smallest absolute Gasteiger partial charge is 0.321 e. The van der Waals surface area contributed by atoms with Crippen molar-refractivity contribution in [3.05, 3.63) is 64.1 Å². The number of aryl methyl sites for hydroxylation is 1. The van der Waals surface area contributed by atoms with Gasteiger partial charge in [-0.3, -0.25) is 4.79 Å². The first kappa shape index (κ1) is 20.4. The third-order valence-electron chi connectivity index (χ3n) is 5.18. The van der Waals surface area contributed by atoms with E-state index < -0.39 is 5.41 Å². The van der Waals surface area contributed by atoms with Crippen molar-refractivity contribution in [1.29, 1.82) is 0 Å². The second kappa shape index (κ2) is 8.78. The minimum absolute atomic E-state index is 0.00645. The molecule has 2 N–H and O–H groups in total. The number of halogens is 1. The minimum atomic E-state index is -0.586. The number of rotatable bonds is 4. The van der Waals surface area contributed by atoms with E-state index in [-0.39, 0.29) is 11.9 Å². The summed E-state index contributed by atoms with van der Waals surface area (Å²) in [6.07, 6.45) is 1.58. The lowest BCUT2D eigenvalue weighted by Crippen LogP contribution is -2.52. The van der Waals surface area contributed by atoms with Crippen molar-refractivity contribution in [1.82, 2.24) is 10.2 Å². The molecule has 0 aliphatic carbocycles. The number of nitrogens with zero attached hydrogens (tertiary/aromatic N) is 1. The molecular weight excluding hydrogens is 418 g/mol. The zero-order valence-electron chi connectivity index (χ0n) is 16.3. The lowest BCUT2D eigenvalue weighted by atomic mass is 9.81. The van der Waals surface area contributed by atoms with Crippen molar-refractivity contribution in [3.63, 3.8) is 0 Å². The van der Waals surface area contributed by atoms with Crippen LogP contribution >= 0.6 is 15.9 Å². The SMILES string of the molecule is Cc1ccc(CNC(=O)[C@@]2(C)CCCN(C(=O)Nc3cccc(Br)c3)C2)cc1. The van der Waals surface area contributed by atoms with Gasteiger partial charge in [0.2, 0.25) is 5.91 Å². The van der Waals surface area contributed by atoms with Crippen LogP contribution in [-0.4, -0.2) is 29.9 Å². The van der Waals surface area contributed by atoms with Gasteiger partial charge < -0.3 is 15.5 Å². The largest absolute Gasteiger partial charge is 0.351 e. The second-order valence-electron chi connectivity index (χ2n) is 7.69. The number of piperidine rings is 1. The Hall–Kier alpha value is -2.34. The Labute approximate surface area is 174 Å². The fraction of sp³-hybridized carbons (Fsp3) is 0.364. The summed E-state index contributed by atoms with van der Waals surface area (Å²) >= 11 is 3.41. The number of amides is 3. The maximum absolute atomic E-state index is 12.9. The van der Waals surface area contributed by atoms with Crippen molar-refractivity contribution in [2.75, 3.05) is 18.4 Å². The van der Waals surface area contributed by atoms with Crippen LogP contribution in [0, 0.1) is 12.3 Å². The zero-order valence-corrected chi connectivity index (χ0v) is 17.9. The molecule has 3 rings (SSSR count). The molecule has 3 amide bonds. The highest BCUT2D eigenvalue weighted by molar-refractivity contribution is 9.10. The van der Waals surface area contributed by atoms with Crippen LogP contribution in [0.15, 0.2) is 53.0 Å². The van der Waals surface area contributed by atoms with E-state index in [0.29, 0.717) is 19.6 Å². The van der Waals surface area contributed by atoms with Crippen molar-refractivity contribution in [3.8, 4) is 0 Å². The number of anilines is 1. The molecule has 1 fully saturated rings. The van der Waals surface area contributed by atoms with Crippen LogP contribution in [0.1, 0.15) is 30.9 Å². The van der Waals surface area contributed by atoms with Gasteiger partial charge in [-0.25, -0.2) is 4.79 Å². The Balaban J connectivity index is 1.59. The number of urea groups is 1. The molecule has 5 nitrogen and oxygen atoms in total. The van der Waals surface area contributed by atoms with Gasteiger partial charge in [-0.15, -0.1) is 0 Å². The lowest BCUT2D eigenvalue weighted by Gasteiger charge is -2.39. The standard InChI is InChI=1S/C22H26BrN3O2/c1-16-7-9-17(10-8-16)14-24-20(27)22(2)11-4-12-26(15-22)21(28)25-19-6-3-5-18(23)13-19/h3,5-10,13H,4,11-12,14-15H2,1-2H3,(H,24,27)(H,25,28)/t22-/m0/s1. The molecule has 2 aromatic rings. The predicted octanol–water partition coefficient (Wildman–Crippen LogP) is 4.71. The van der Waals surface area contributed by atoms with Gasteiger partial charge in [-0.1, -0.05) is 51.8 Å². The quantitative estimate of drug-likeness (QED) is 0.718. The van der Waals surface area contributed by atoms with Crippen molar-refractivity contribution in [2.24, 2.45) is 5.41 Å². The molecular formula is C22H26BrN3O2. The summed E-state index contributed by atoms with van der Waals surface area (Å²) in [7, 11) is 0. The predicted molar refractivity (Wildman–Crippen MR) is 115 cm³/mol. The van der Waals surface area contributed by atoms with Gasteiger partial charge in [0.1, 0.15) is 0 Å². The molecule has 0 radical (unpaired) electrons. The summed E-state index contributed by atoms with van der Waals surface area (Å²) in [6.45, 7) is 5.54. The van der Waals surface area contributed by atoms with Crippen molar-refractivity contribution < 1.29 is 9.59 Å². The van der Waals surface area contributed by atoms with Crippen LogP contribution in [0.25, 0.3) is 0 Å². The molecule has 0 aromatic heterocycles. The second-order valence-corrected chi connectivity index (χ2v) is 8.61. The monoisotopic (exact) mass is 443 g/mol. The summed E-state index contributed by atoms with van der Waals surface area (Å²) < 4.78 is 0.907. The molecule has 1 saturated heterocycles. The highest BCUT2D eigenvalue weighted by atomic mass is 79.9. The normalized spacial score (nSPS) is 19.2. The van der Waals surface area contributed by atoms with Gasteiger partial charge in [0.15, 0.2) is 0 Å². The Morgan fingerprint density at radius 1 is 1.18 bits per heavy atom. The van der Waals surface area contributed by atoms with Gasteiger partial charge in [-0.2, -0.15) is 0 Å². The molecule has 0 unspecified atom stereocenters. The molecule has 1 heterocycles. The molecule has 6 heteroatoms. The van der Waals surface area contributed by atoms with Crippen molar-refractivity contribution >= 4 is 33.6 Å². The zero-order chi connectivity index (χ0) is 20.1. The fourth-order valence-electron chi connectivity index (χ4n) is 3.47. The maximum Gasteiger partial charge on any atom is 0.321 e. The Morgan fingerprint density at radius 2 is 1.93 bits per heavy atom. The molecule has 28 heavy (non-hydrogen) atoms. The van der Waals surface area contributed by atoms with E-state index in [2.05, 4.69) is 26.6 Å². The summed E-state index contributed by atoms with van der Waals surface area (Å²) in [5.74, 6) is -0.00645. The van der Waals surface area contributed by atoms with E-state index >= 15 is 0 Å². The van der Waals surface area contributed by atoms with Gasteiger partial charge >= 0.3 is 6.03 Å². The lowest BCUT2D eigenvalue weighted by molar-refractivity contribution is -0.132. The number of likely N-dealkylation sites (tertiary alicyclic amines) is 1.